The molecule has 2 atom stereocenters. The molecule has 0 saturated carbocycles. The lowest BCUT2D eigenvalue weighted by atomic mass is 10.1. The molecule has 2 rings (SSSR count). The van der Waals surface area contributed by atoms with Gasteiger partial charge in [-0.1, -0.05) is 25.0 Å². The number of carbonyl (C=O) groups excluding carboxylic acids is 3. The van der Waals surface area contributed by atoms with E-state index >= 15 is 0 Å². The number of carbonyl (C=O) groups is 4. The Bertz CT molecular complexity index is 713. The van der Waals surface area contributed by atoms with Gasteiger partial charge >= 0.3 is 5.97 Å². The van der Waals surface area contributed by atoms with E-state index in [0.29, 0.717) is 6.42 Å². The van der Waals surface area contributed by atoms with Crippen LogP contribution in [0.1, 0.15) is 53.0 Å². The van der Waals surface area contributed by atoms with Crippen LogP contribution in [0.5, 0.6) is 0 Å². The predicted octanol–water partition coefficient (Wildman–Crippen LogP) is 1.35. The average molecular weight is 332 g/mol. The van der Waals surface area contributed by atoms with Gasteiger partial charge < -0.3 is 10.4 Å². The molecule has 0 aromatic heterocycles. The summed E-state index contributed by atoms with van der Waals surface area (Å²) in [5.41, 5.74) is 1.36. The second-order valence-electron chi connectivity index (χ2n) is 5.89. The third-order valence-corrected chi connectivity index (χ3v) is 4.03. The molecule has 0 saturated heterocycles. The summed E-state index contributed by atoms with van der Waals surface area (Å²) < 4.78 is 0. The van der Waals surface area contributed by atoms with Crippen LogP contribution in [0, 0.1) is 6.92 Å². The first-order chi connectivity index (χ1) is 11.3. The monoisotopic (exact) mass is 332 g/mol. The Hall–Kier alpha value is -2.70. The molecule has 2 N–H and O–H groups in total. The Labute approximate surface area is 139 Å². The van der Waals surface area contributed by atoms with E-state index in [1.165, 1.54) is 6.92 Å². The number of benzene rings is 1. The Morgan fingerprint density at radius 3 is 2.42 bits per heavy atom. The topological polar surface area (TPSA) is 104 Å². The Kier molecular flexibility index (Phi) is 5.02. The van der Waals surface area contributed by atoms with E-state index in [0.717, 1.165) is 10.5 Å². The van der Waals surface area contributed by atoms with E-state index in [9.17, 15) is 19.2 Å². The molecule has 24 heavy (non-hydrogen) atoms. The highest BCUT2D eigenvalue weighted by Gasteiger charge is 2.41. The number of amides is 3. The van der Waals surface area contributed by atoms with Crippen molar-refractivity contribution in [2.45, 2.75) is 45.7 Å². The summed E-state index contributed by atoms with van der Waals surface area (Å²) in [6.07, 6.45) is 0.854. The molecule has 1 aliphatic rings. The van der Waals surface area contributed by atoms with Gasteiger partial charge in [0, 0.05) is 0 Å². The molecular weight excluding hydrogens is 312 g/mol. The molecule has 1 aromatic carbocycles. The first kappa shape index (κ1) is 17.7. The van der Waals surface area contributed by atoms with Gasteiger partial charge in [-0.05, 0) is 32.4 Å². The lowest BCUT2D eigenvalue weighted by molar-refractivity contribution is -0.142. The molecule has 0 aliphatic carbocycles. The molecule has 0 spiro atoms. The quantitative estimate of drug-likeness (QED) is 0.765. The number of aryl methyl sites for hydroxylation is 1. The highest BCUT2D eigenvalue weighted by molar-refractivity contribution is 6.22. The zero-order valence-corrected chi connectivity index (χ0v) is 13.8. The summed E-state index contributed by atoms with van der Waals surface area (Å²) >= 11 is 0. The number of rotatable bonds is 6. The molecule has 1 aliphatic heterocycles. The third-order valence-electron chi connectivity index (χ3n) is 4.03. The highest BCUT2D eigenvalue weighted by atomic mass is 16.4. The van der Waals surface area contributed by atoms with Gasteiger partial charge in [-0.25, -0.2) is 4.79 Å². The van der Waals surface area contributed by atoms with Crippen molar-refractivity contribution in [2.75, 3.05) is 0 Å². The molecule has 1 aromatic rings. The SMILES string of the molecule is CCCC(NC(=O)C(C)N1C(=O)c2ccc(C)cc2C1=O)C(=O)O. The number of nitrogens with one attached hydrogen (secondary N) is 1. The third kappa shape index (κ3) is 3.15. The van der Waals surface area contributed by atoms with Crippen molar-refractivity contribution < 1.29 is 24.3 Å². The predicted molar refractivity (Wildman–Crippen MR) is 85.6 cm³/mol. The number of fused-ring (bicyclic) bond motifs is 1. The lowest BCUT2D eigenvalue weighted by Gasteiger charge is -2.23. The van der Waals surface area contributed by atoms with Crippen LogP contribution in [-0.4, -0.2) is 45.8 Å². The second-order valence-corrected chi connectivity index (χ2v) is 5.89. The van der Waals surface area contributed by atoms with Crippen LogP contribution in [0.3, 0.4) is 0 Å². The van der Waals surface area contributed by atoms with Crippen LogP contribution in [0.25, 0.3) is 0 Å². The highest BCUT2D eigenvalue weighted by Crippen LogP contribution is 2.25. The van der Waals surface area contributed by atoms with Crippen LogP contribution in [0.15, 0.2) is 18.2 Å². The van der Waals surface area contributed by atoms with Gasteiger partial charge in [-0.3, -0.25) is 19.3 Å². The number of nitrogens with zero attached hydrogens (tertiary/aromatic N) is 1. The molecule has 0 radical (unpaired) electrons. The van der Waals surface area contributed by atoms with Crippen molar-refractivity contribution in [3.8, 4) is 0 Å². The fourth-order valence-corrected chi connectivity index (χ4v) is 2.68. The zero-order chi connectivity index (χ0) is 18.0. The van der Waals surface area contributed by atoms with Crippen molar-refractivity contribution >= 4 is 23.7 Å². The van der Waals surface area contributed by atoms with Crippen LogP contribution in [0.4, 0.5) is 0 Å². The normalized spacial score (nSPS) is 15.9. The summed E-state index contributed by atoms with van der Waals surface area (Å²) in [5, 5.41) is 11.5. The number of hydrogen-bond donors (Lipinski definition) is 2. The molecule has 7 heteroatoms. The van der Waals surface area contributed by atoms with E-state index in [1.54, 1.807) is 32.0 Å². The largest absolute Gasteiger partial charge is 0.480 e. The molecule has 0 fully saturated rings. The van der Waals surface area contributed by atoms with E-state index < -0.39 is 35.8 Å². The Morgan fingerprint density at radius 1 is 1.21 bits per heavy atom. The standard InChI is InChI=1S/C17H20N2O5/c1-4-5-13(17(23)24)18-14(20)10(3)19-15(21)11-7-6-9(2)8-12(11)16(19)22/h6-8,10,13H,4-5H2,1-3H3,(H,18,20)(H,23,24). The van der Waals surface area contributed by atoms with E-state index in [1.807, 2.05) is 0 Å². The van der Waals surface area contributed by atoms with Crippen molar-refractivity contribution in [1.29, 1.82) is 0 Å². The van der Waals surface area contributed by atoms with Gasteiger partial charge in [-0.15, -0.1) is 0 Å². The van der Waals surface area contributed by atoms with Gasteiger partial charge in [0.1, 0.15) is 12.1 Å². The van der Waals surface area contributed by atoms with E-state index in [-0.39, 0.29) is 17.5 Å². The van der Waals surface area contributed by atoms with Crippen LogP contribution >= 0.6 is 0 Å². The van der Waals surface area contributed by atoms with Crippen LogP contribution < -0.4 is 5.32 Å². The molecule has 3 amide bonds. The maximum Gasteiger partial charge on any atom is 0.326 e. The first-order valence-corrected chi connectivity index (χ1v) is 7.79. The first-order valence-electron chi connectivity index (χ1n) is 7.79. The maximum atomic E-state index is 12.5. The number of imide groups is 1. The summed E-state index contributed by atoms with van der Waals surface area (Å²) in [6, 6.07) is 2.77. The summed E-state index contributed by atoms with van der Waals surface area (Å²) in [6.45, 7) is 5.02. The van der Waals surface area contributed by atoms with Gasteiger partial charge in [0.05, 0.1) is 11.1 Å². The minimum atomic E-state index is -1.14. The molecule has 0 bridgehead atoms. The number of hydrogen-bond acceptors (Lipinski definition) is 4. The van der Waals surface area contributed by atoms with E-state index in [2.05, 4.69) is 5.32 Å². The lowest BCUT2D eigenvalue weighted by Crippen LogP contribution is -2.52. The molecule has 2 unspecified atom stereocenters. The zero-order valence-electron chi connectivity index (χ0n) is 13.8. The van der Waals surface area contributed by atoms with Crippen molar-refractivity contribution in [2.24, 2.45) is 0 Å². The van der Waals surface area contributed by atoms with Gasteiger partial charge in [-0.2, -0.15) is 0 Å². The van der Waals surface area contributed by atoms with Crippen molar-refractivity contribution in [3.05, 3.63) is 34.9 Å². The van der Waals surface area contributed by atoms with Crippen molar-refractivity contribution in [3.63, 3.8) is 0 Å². The number of carboxylic acids is 1. The smallest absolute Gasteiger partial charge is 0.326 e. The summed E-state index contributed by atoms with van der Waals surface area (Å²) in [4.78, 5) is 49.2. The Morgan fingerprint density at radius 2 is 1.83 bits per heavy atom. The molecule has 128 valence electrons. The maximum absolute atomic E-state index is 12.5. The minimum absolute atomic E-state index is 0.258. The van der Waals surface area contributed by atoms with Gasteiger partial charge in [0.2, 0.25) is 5.91 Å². The molecule has 1 heterocycles. The summed E-state index contributed by atoms with van der Waals surface area (Å²) in [7, 11) is 0. The van der Waals surface area contributed by atoms with Gasteiger partial charge in [0.25, 0.3) is 11.8 Å². The number of aliphatic carboxylic acids is 1. The summed E-state index contributed by atoms with van der Waals surface area (Å²) in [5.74, 6) is -2.89. The molecular formula is C17H20N2O5. The van der Waals surface area contributed by atoms with Gasteiger partial charge in [0.15, 0.2) is 0 Å². The van der Waals surface area contributed by atoms with Crippen molar-refractivity contribution in [1.82, 2.24) is 10.2 Å². The molecule has 7 nitrogen and oxygen atoms in total. The second kappa shape index (κ2) is 6.82. The fraction of sp³-hybridized carbons (Fsp3) is 0.412. The Balaban J connectivity index is 2.20. The minimum Gasteiger partial charge on any atom is -0.480 e. The van der Waals surface area contributed by atoms with E-state index in [4.69, 9.17) is 5.11 Å². The average Bonchev–Trinajstić information content (AvgIpc) is 2.77. The number of carboxylic acid groups (broad SMARTS) is 1. The van der Waals surface area contributed by atoms with Crippen LogP contribution in [0.2, 0.25) is 0 Å². The van der Waals surface area contributed by atoms with Crippen LogP contribution in [-0.2, 0) is 9.59 Å². The fourth-order valence-electron chi connectivity index (χ4n) is 2.68.